The number of halogens is 2. The lowest BCUT2D eigenvalue weighted by Gasteiger charge is -2.17. The minimum Gasteiger partial charge on any atom is -0.468 e. The second kappa shape index (κ2) is 8.05. The highest BCUT2D eigenvalue weighted by Crippen LogP contribution is 2.31. The third-order valence-corrected chi connectivity index (χ3v) is 3.21. The van der Waals surface area contributed by atoms with Crippen LogP contribution in [-0.4, -0.2) is 41.7 Å². The fourth-order valence-electron chi connectivity index (χ4n) is 1.91. The zero-order valence-electron chi connectivity index (χ0n) is 12.3. The van der Waals surface area contributed by atoms with E-state index in [-0.39, 0.29) is 23.2 Å². The van der Waals surface area contributed by atoms with E-state index in [1.807, 2.05) is 0 Å². The molecule has 0 amide bonds. The van der Waals surface area contributed by atoms with Crippen LogP contribution < -0.4 is 4.74 Å². The quantitative estimate of drug-likeness (QED) is 0.734. The van der Waals surface area contributed by atoms with E-state index in [0.29, 0.717) is 11.3 Å². The molecule has 0 N–H and O–H groups in total. The van der Waals surface area contributed by atoms with Crippen LogP contribution in [0, 0.1) is 0 Å². The van der Waals surface area contributed by atoms with Crippen LogP contribution in [0.4, 0.5) is 0 Å². The largest absolute Gasteiger partial charge is 0.468 e. The van der Waals surface area contributed by atoms with Crippen LogP contribution in [0.15, 0.2) is 24.3 Å². The lowest BCUT2D eigenvalue weighted by atomic mass is 9.99. The van der Waals surface area contributed by atoms with E-state index in [1.165, 1.54) is 14.2 Å². The molecule has 0 aliphatic carbocycles. The van der Waals surface area contributed by atoms with Crippen molar-refractivity contribution < 1.29 is 19.0 Å². The third kappa shape index (κ3) is 4.51. The average molecular weight is 358 g/mol. The average Bonchev–Trinajstić information content (AvgIpc) is 2.52. The smallest absolute Gasteiger partial charge is 0.327 e. The second-order valence-electron chi connectivity index (χ2n) is 4.33. The Morgan fingerprint density at radius 3 is 2.39 bits per heavy atom. The highest BCUT2D eigenvalue weighted by Gasteiger charge is 2.25. The predicted octanol–water partition coefficient (Wildman–Crippen LogP) is 2.87. The molecule has 1 atom stereocenters. The van der Waals surface area contributed by atoms with Gasteiger partial charge < -0.3 is 14.2 Å². The minimum atomic E-state index is -0.658. The monoisotopic (exact) mass is 357 g/mol. The molecule has 122 valence electrons. The third-order valence-electron chi connectivity index (χ3n) is 2.88. The van der Waals surface area contributed by atoms with Gasteiger partial charge in [0.2, 0.25) is 10.6 Å². The first kappa shape index (κ1) is 17.4. The van der Waals surface area contributed by atoms with Gasteiger partial charge in [0.05, 0.1) is 13.7 Å². The topological polar surface area (TPSA) is 83.4 Å². The Hall–Kier alpha value is -1.96. The van der Waals surface area contributed by atoms with Crippen molar-refractivity contribution in [2.45, 2.75) is 5.92 Å². The molecule has 1 aromatic heterocycles. The SMILES string of the molecule is COCC(C(=O)OC)c1ccccc1Oc1nc(Cl)nc(Cl)n1. The Morgan fingerprint density at radius 2 is 1.78 bits per heavy atom. The van der Waals surface area contributed by atoms with Gasteiger partial charge in [0.25, 0.3) is 0 Å². The van der Waals surface area contributed by atoms with Crippen molar-refractivity contribution in [2.75, 3.05) is 20.8 Å². The Kier molecular flexibility index (Phi) is 6.09. The maximum atomic E-state index is 12.0. The van der Waals surface area contributed by atoms with Crippen LogP contribution >= 0.6 is 23.2 Å². The Labute approximate surface area is 142 Å². The van der Waals surface area contributed by atoms with Crippen molar-refractivity contribution in [1.29, 1.82) is 0 Å². The molecule has 0 aliphatic heterocycles. The molecule has 2 aromatic rings. The molecular formula is C14H13Cl2N3O4. The number of hydrogen-bond donors (Lipinski definition) is 0. The van der Waals surface area contributed by atoms with E-state index in [0.717, 1.165) is 0 Å². The van der Waals surface area contributed by atoms with Crippen molar-refractivity contribution >= 4 is 29.2 Å². The molecule has 7 nitrogen and oxygen atoms in total. The van der Waals surface area contributed by atoms with Crippen LogP contribution in [0.3, 0.4) is 0 Å². The number of rotatable bonds is 6. The number of methoxy groups -OCH3 is 2. The van der Waals surface area contributed by atoms with Crippen LogP contribution in [0.25, 0.3) is 0 Å². The number of hydrogen-bond acceptors (Lipinski definition) is 7. The lowest BCUT2D eigenvalue weighted by molar-refractivity contribution is -0.143. The number of para-hydroxylation sites is 1. The summed E-state index contributed by atoms with van der Waals surface area (Å²) in [6.45, 7) is 0.131. The molecule has 0 aliphatic rings. The van der Waals surface area contributed by atoms with Crippen molar-refractivity contribution in [2.24, 2.45) is 0 Å². The van der Waals surface area contributed by atoms with Gasteiger partial charge in [0.15, 0.2) is 0 Å². The molecule has 9 heteroatoms. The maximum absolute atomic E-state index is 12.0. The molecule has 1 heterocycles. The van der Waals surface area contributed by atoms with Crippen LogP contribution in [0.2, 0.25) is 10.6 Å². The molecule has 23 heavy (non-hydrogen) atoms. The molecule has 0 spiro atoms. The number of benzene rings is 1. The number of esters is 1. The zero-order valence-corrected chi connectivity index (χ0v) is 13.8. The highest BCUT2D eigenvalue weighted by molar-refractivity contribution is 6.31. The molecule has 0 fully saturated rings. The maximum Gasteiger partial charge on any atom is 0.327 e. The summed E-state index contributed by atoms with van der Waals surface area (Å²) in [6.07, 6.45) is 0. The van der Waals surface area contributed by atoms with E-state index >= 15 is 0 Å². The van der Waals surface area contributed by atoms with Gasteiger partial charge in [-0.3, -0.25) is 4.79 Å². The summed E-state index contributed by atoms with van der Waals surface area (Å²) in [4.78, 5) is 23.3. The summed E-state index contributed by atoms with van der Waals surface area (Å²) in [7, 11) is 2.80. The van der Waals surface area contributed by atoms with Gasteiger partial charge in [-0.1, -0.05) is 18.2 Å². The summed E-state index contributed by atoms with van der Waals surface area (Å²) in [5, 5.41) is -0.196. The van der Waals surface area contributed by atoms with E-state index in [2.05, 4.69) is 15.0 Å². The molecule has 1 unspecified atom stereocenters. The fraction of sp³-hybridized carbons (Fsp3) is 0.286. The molecule has 2 rings (SSSR count). The molecule has 0 bridgehead atoms. The Morgan fingerprint density at radius 1 is 1.13 bits per heavy atom. The van der Waals surface area contributed by atoms with Crippen molar-refractivity contribution in [3.8, 4) is 11.8 Å². The summed E-state index contributed by atoms with van der Waals surface area (Å²) in [6, 6.07) is 6.81. The van der Waals surface area contributed by atoms with E-state index < -0.39 is 11.9 Å². The van der Waals surface area contributed by atoms with Gasteiger partial charge in [-0.2, -0.15) is 15.0 Å². The first-order valence-electron chi connectivity index (χ1n) is 6.45. The van der Waals surface area contributed by atoms with Gasteiger partial charge in [-0.25, -0.2) is 0 Å². The normalized spacial score (nSPS) is 11.8. The number of carbonyl (C=O) groups is 1. The summed E-state index contributed by atoms with van der Waals surface area (Å²) in [5.41, 5.74) is 0.564. The van der Waals surface area contributed by atoms with Gasteiger partial charge in [0.1, 0.15) is 11.7 Å². The van der Waals surface area contributed by atoms with Gasteiger partial charge in [0, 0.05) is 12.7 Å². The van der Waals surface area contributed by atoms with E-state index in [4.69, 9.17) is 37.4 Å². The first-order valence-corrected chi connectivity index (χ1v) is 7.21. The summed E-state index contributed by atoms with van der Waals surface area (Å²) >= 11 is 11.4. The van der Waals surface area contributed by atoms with Crippen molar-refractivity contribution in [1.82, 2.24) is 15.0 Å². The standard InChI is InChI=1S/C14H13Cl2N3O4/c1-21-7-9(11(20)22-2)8-5-3-4-6-10(8)23-14-18-12(15)17-13(16)19-14/h3-6,9H,7H2,1-2H3. The molecule has 0 saturated carbocycles. The number of ether oxygens (including phenoxy) is 3. The predicted molar refractivity (Wildman–Crippen MR) is 83.0 cm³/mol. The molecule has 0 saturated heterocycles. The highest BCUT2D eigenvalue weighted by atomic mass is 35.5. The van der Waals surface area contributed by atoms with Crippen LogP contribution in [-0.2, 0) is 14.3 Å². The van der Waals surface area contributed by atoms with Gasteiger partial charge in [-0.15, -0.1) is 0 Å². The fourth-order valence-corrected chi connectivity index (χ4v) is 2.26. The molecular weight excluding hydrogens is 345 g/mol. The van der Waals surface area contributed by atoms with Crippen molar-refractivity contribution in [3.05, 3.63) is 40.4 Å². The number of carbonyl (C=O) groups excluding carboxylic acids is 1. The lowest BCUT2D eigenvalue weighted by Crippen LogP contribution is -2.19. The van der Waals surface area contributed by atoms with E-state index in [9.17, 15) is 4.79 Å². The van der Waals surface area contributed by atoms with Crippen LogP contribution in [0.5, 0.6) is 11.8 Å². The van der Waals surface area contributed by atoms with Gasteiger partial charge >= 0.3 is 12.0 Å². The zero-order chi connectivity index (χ0) is 16.8. The molecule has 0 radical (unpaired) electrons. The first-order chi connectivity index (χ1) is 11.0. The number of aromatic nitrogens is 3. The minimum absolute atomic E-state index is 0.0801. The van der Waals surface area contributed by atoms with Crippen LogP contribution in [0.1, 0.15) is 11.5 Å². The van der Waals surface area contributed by atoms with Crippen molar-refractivity contribution in [3.63, 3.8) is 0 Å². The Bertz CT molecular complexity index is 679. The summed E-state index contributed by atoms with van der Waals surface area (Å²) in [5.74, 6) is -0.748. The molecule has 1 aromatic carbocycles. The van der Waals surface area contributed by atoms with Gasteiger partial charge in [-0.05, 0) is 29.3 Å². The van der Waals surface area contributed by atoms with E-state index in [1.54, 1.807) is 24.3 Å². The number of nitrogens with zero attached hydrogens (tertiary/aromatic N) is 3. The summed E-state index contributed by atoms with van der Waals surface area (Å²) < 4.78 is 15.5. The second-order valence-corrected chi connectivity index (χ2v) is 5.00. The Balaban J connectivity index is 2.37.